The summed E-state index contributed by atoms with van der Waals surface area (Å²) < 4.78 is 10.1. The van der Waals surface area contributed by atoms with Crippen molar-refractivity contribution in [1.29, 1.82) is 0 Å². The highest BCUT2D eigenvalue weighted by molar-refractivity contribution is 5.99. The molecule has 0 amide bonds. The van der Waals surface area contributed by atoms with Crippen LogP contribution >= 0.6 is 0 Å². The fourth-order valence-electron chi connectivity index (χ4n) is 2.22. The molecule has 0 N–H and O–H groups in total. The summed E-state index contributed by atoms with van der Waals surface area (Å²) in [5.41, 5.74) is 1.57. The van der Waals surface area contributed by atoms with Gasteiger partial charge in [-0.1, -0.05) is 37.6 Å². The minimum Gasteiger partial charge on any atom is -0.496 e. The molecule has 0 aliphatic carbocycles. The van der Waals surface area contributed by atoms with Crippen molar-refractivity contribution in [3.63, 3.8) is 0 Å². The van der Waals surface area contributed by atoms with Gasteiger partial charge in [0.2, 0.25) is 0 Å². The average molecular weight is 284 g/mol. The summed E-state index contributed by atoms with van der Waals surface area (Å²) in [7, 11) is 2.92. The number of ether oxygens (including phenoxy) is 2. The van der Waals surface area contributed by atoms with Gasteiger partial charge < -0.3 is 9.47 Å². The molecule has 2 aromatic rings. The Bertz CT molecular complexity index is 671. The number of esters is 1. The zero-order chi connectivity index (χ0) is 15.2. The molecule has 0 spiro atoms. The van der Waals surface area contributed by atoms with Crippen molar-refractivity contribution in [3.05, 3.63) is 47.5 Å². The Morgan fingerprint density at radius 2 is 1.95 bits per heavy atom. The summed E-state index contributed by atoms with van der Waals surface area (Å²) in [6, 6.07) is 9.84. The van der Waals surface area contributed by atoms with Gasteiger partial charge >= 0.3 is 5.97 Å². The van der Waals surface area contributed by atoms with Crippen LogP contribution in [0.15, 0.2) is 36.4 Å². The van der Waals surface area contributed by atoms with Crippen LogP contribution in [0, 0.1) is 0 Å². The fourth-order valence-corrected chi connectivity index (χ4v) is 2.22. The van der Waals surface area contributed by atoms with E-state index in [1.54, 1.807) is 7.11 Å². The molecule has 2 aromatic carbocycles. The molecule has 0 saturated heterocycles. The van der Waals surface area contributed by atoms with E-state index < -0.39 is 0 Å². The fraction of sp³-hybridized carbons (Fsp3) is 0.278. The van der Waals surface area contributed by atoms with Gasteiger partial charge in [-0.05, 0) is 41.0 Å². The molecular formula is C18H20O3. The first-order chi connectivity index (χ1) is 10.2. The number of hydrogen-bond donors (Lipinski definition) is 0. The van der Waals surface area contributed by atoms with Crippen LogP contribution < -0.4 is 4.74 Å². The lowest BCUT2D eigenvalue weighted by molar-refractivity contribution is 0.0597. The van der Waals surface area contributed by atoms with E-state index in [9.17, 15) is 4.79 Å². The highest BCUT2D eigenvalue weighted by Gasteiger charge is 2.13. The molecule has 0 heterocycles. The zero-order valence-corrected chi connectivity index (χ0v) is 12.7. The van der Waals surface area contributed by atoms with Crippen molar-refractivity contribution < 1.29 is 14.3 Å². The van der Waals surface area contributed by atoms with Gasteiger partial charge in [0.15, 0.2) is 0 Å². The van der Waals surface area contributed by atoms with Gasteiger partial charge in [-0.25, -0.2) is 4.79 Å². The number of carbonyl (C=O) groups excluding carboxylic acids is 1. The van der Waals surface area contributed by atoms with Crippen LogP contribution in [0.4, 0.5) is 0 Å². The van der Waals surface area contributed by atoms with Gasteiger partial charge in [-0.2, -0.15) is 0 Å². The largest absolute Gasteiger partial charge is 0.496 e. The maximum Gasteiger partial charge on any atom is 0.341 e. The Morgan fingerprint density at radius 3 is 2.62 bits per heavy atom. The predicted octanol–water partition coefficient (Wildman–Crippen LogP) is 4.45. The minimum absolute atomic E-state index is 0.388. The lowest BCUT2D eigenvalue weighted by Gasteiger charge is -2.09. The lowest BCUT2D eigenvalue weighted by atomic mass is 10.0. The van der Waals surface area contributed by atoms with Crippen molar-refractivity contribution in [2.24, 2.45) is 0 Å². The van der Waals surface area contributed by atoms with Crippen molar-refractivity contribution in [3.8, 4) is 5.75 Å². The summed E-state index contributed by atoms with van der Waals surface area (Å²) in [5, 5.41) is 2.03. The van der Waals surface area contributed by atoms with E-state index in [4.69, 9.17) is 9.47 Å². The highest BCUT2D eigenvalue weighted by Crippen LogP contribution is 2.27. The number of fused-ring (bicyclic) bond motifs is 1. The third-order valence-electron chi connectivity index (χ3n) is 3.35. The molecule has 0 aliphatic heterocycles. The molecule has 2 rings (SSSR count). The molecule has 0 unspecified atom stereocenters. The van der Waals surface area contributed by atoms with Crippen LogP contribution in [-0.2, 0) is 4.74 Å². The highest BCUT2D eigenvalue weighted by atomic mass is 16.5. The number of benzene rings is 2. The van der Waals surface area contributed by atoms with E-state index >= 15 is 0 Å². The molecule has 0 aliphatic rings. The van der Waals surface area contributed by atoms with Gasteiger partial charge in [0.25, 0.3) is 0 Å². The first-order valence-electron chi connectivity index (χ1n) is 7.06. The van der Waals surface area contributed by atoms with E-state index in [1.807, 2.05) is 18.2 Å². The van der Waals surface area contributed by atoms with Crippen LogP contribution in [0.1, 0.15) is 35.7 Å². The van der Waals surface area contributed by atoms with Crippen LogP contribution in [0.3, 0.4) is 0 Å². The van der Waals surface area contributed by atoms with Crippen molar-refractivity contribution in [2.75, 3.05) is 14.2 Å². The molecule has 3 nitrogen and oxygen atoms in total. The summed E-state index contributed by atoms with van der Waals surface area (Å²) in [4.78, 5) is 11.8. The first-order valence-corrected chi connectivity index (χ1v) is 7.06. The number of allylic oxidation sites excluding steroid dienone is 1. The number of methoxy groups -OCH3 is 2. The zero-order valence-electron chi connectivity index (χ0n) is 12.7. The van der Waals surface area contributed by atoms with Crippen molar-refractivity contribution >= 4 is 22.8 Å². The predicted molar refractivity (Wildman–Crippen MR) is 85.8 cm³/mol. The summed E-state index contributed by atoms with van der Waals surface area (Å²) in [6.45, 7) is 2.15. The molecule has 0 atom stereocenters. The molecule has 0 fully saturated rings. The van der Waals surface area contributed by atoms with Crippen LogP contribution in [-0.4, -0.2) is 20.2 Å². The Morgan fingerprint density at radius 1 is 1.14 bits per heavy atom. The minimum atomic E-state index is -0.388. The number of carbonyl (C=O) groups is 1. The summed E-state index contributed by atoms with van der Waals surface area (Å²) in [5.74, 6) is 0.143. The molecule has 0 saturated carbocycles. The number of unbranched alkanes of at least 4 members (excludes halogenated alkanes) is 1. The van der Waals surface area contributed by atoms with E-state index in [-0.39, 0.29) is 5.97 Å². The topological polar surface area (TPSA) is 35.5 Å². The van der Waals surface area contributed by atoms with Gasteiger partial charge in [0.1, 0.15) is 11.3 Å². The van der Waals surface area contributed by atoms with Gasteiger partial charge in [-0.15, -0.1) is 0 Å². The molecule has 21 heavy (non-hydrogen) atoms. The van der Waals surface area contributed by atoms with Crippen LogP contribution in [0.25, 0.3) is 16.8 Å². The van der Waals surface area contributed by atoms with E-state index in [1.165, 1.54) is 7.11 Å². The SMILES string of the molecule is CCC/C=C/c1ccc2cc(OC)c(C(=O)OC)cc2c1. The van der Waals surface area contributed by atoms with E-state index in [2.05, 4.69) is 31.2 Å². The maximum atomic E-state index is 11.8. The third-order valence-corrected chi connectivity index (χ3v) is 3.35. The average Bonchev–Trinajstić information content (AvgIpc) is 2.53. The monoisotopic (exact) mass is 284 g/mol. The lowest BCUT2D eigenvalue weighted by Crippen LogP contribution is -2.04. The van der Waals surface area contributed by atoms with Crippen LogP contribution in [0.2, 0.25) is 0 Å². The normalized spacial score (nSPS) is 11.0. The number of rotatable bonds is 5. The molecule has 0 bridgehead atoms. The molecule has 0 aromatic heterocycles. The Hall–Kier alpha value is -2.29. The quantitative estimate of drug-likeness (QED) is 0.761. The van der Waals surface area contributed by atoms with Crippen molar-refractivity contribution in [1.82, 2.24) is 0 Å². The van der Waals surface area contributed by atoms with E-state index in [0.717, 1.165) is 29.2 Å². The van der Waals surface area contributed by atoms with Gasteiger partial charge in [0.05, 0.1) is 14.2 Å². The van der Waals surface area contributed by atoms with Crippen molar-refractivity contribution in [2.45, 2.75) is 19.8 Å². The van der Waals surface area contributed by atoms with Gasteiger partial charge in [0, 0.05) is 0 Å². The van der Waals surface area contributed by atoms with E-state index in [0.29, 0.717) is 11.3 Å². The van der Waals surface area contributed by atoms with Crippen LogP contribution in [0.5, 0.6) is 5.75 Å². The summed E-state index contributed by atoms with van der Waals surface area (Å²) in [6.07, 6.45) is 6.46. The Labute approximate surface area is 125 Å². The Balaban J connectivity index is 2.48. The second-order valence-electron chi connectivity index (χ2n) is 4.84. The smallest absolute Gasteiger partial charge is 0.341 e. The number of hydrogen-bond acceptors (Lipinski definition) is 3. The standard InChI is InChI=1S/C18H20O3/c1-4-5-6-7-13-8-9-14-12-17(20-2)16(18(19)21-3)11-15(14)10-13/h6-12H,4-5H2,1-3H3/b7-6+. The molecule has 0 radical (unpaired) electrons. The second kappa shape index (κ2) is 6.93. The molecule has 3 heteroatoms. The second-order valence-corrected chi connectivity index (χ2v) is 4.84. The molecule has 110 valence electrons. The first kappa shape index (κ1) is 15.1. The summed E-state index contributed by atoms with van der Waals surface area (Å²) >= 11 is 0. The van der Waals surface area contributed by atoms with Gasteiger partial charge in [-0.3, -0.25) is 0 Å². The third kappa shape index (κ3) is 3.43. The maximum absolute atomic E-state index is 11.8. The molecular weight excluding hydrogens is 264 g/mol. The Kier molecular flexibility index (Phi) is 4.99.